The highest BCUT2D eigenvalue weighted by atomic mass is 35.5. The number of carbonyl (C=O) groups excluding carboxylic acids is 2. The SMILES string of the molecule is CCCCCCCCCCOc1ccc(C(=O)Oc2ccc(-c3ccc(C(=O)OCC(C)CC)cc3)cc2)cc1Cl. The molecule has 0 radical (unpaired) electrons. The first-order valence-electron chi connectivity index (χ1n) is 14.9. The Morgan fingerprint density at radius 2 is 1.32 bits per heavy atom. The van der Waals surface area contributed by atoms with Gasteiger partial charge in [-0.1, -0.05) is 108 Å². The van der Waals surface area contributed by atoms with Crippen molar-refractivity contribution < 1.29 is 23.8 Å². The normalized spacial score (nSPS) is 11.6. The molecular formula is C35H43ClO5. The number of ether oxygens (including phenoxy) is 3. The predicted molar refractivity (Wildman–Crippen MR) is 166 cm³/mol. The molecule has 6 heteroatoms. The lowest BCUT2D eigenvalue weighted by molar-refractivity contribution is 0.0447. The van der Waals surface area contributed by atoms with Gasteiger partial charge in [-0.25, -0.2) is 9.59 Å². The second kappa shape index (κ2) is 17.5. The Balaban J connectivity index is 1.46. The zero-order valence-corrected chi connectivity index (χ0v) is 25.4. The third kappa shape index (κ3) is 10.9. The fourth-order valence-electron chi connectivity index (χ4n) is 4.26. The number of unbranched alkanes of at least 4 members (excludes halogenated alkanes) is 7. The van der Waals surface area contributed by atoms with Crippen LogP contribution < -0.4 is 9.47 Å². The number of esters is 2. The van der Waals surface area contributed by atoms with E-state index in [0.29, 0.717) is 46.8 Å². The largest absolute Gasteiger partial charge is 0.492 e. The number of benzene rings is 3. The number of hydrogen-bond acceptors (Lipinski definition) is 5. The summed E-state index contributed by atoms with van der Waals surface area (Å²) in [6.07, 6.45) is 10.8. The monoisotopic (exact) mass is 578 g/mol. The molecule has 0 bridgehead atoms. The first-order chi connectivity index (χ1) is 19.9. The quantitative estimate of drug-likeness (QED) is 0.0905. The molecule has 0 aliphatic rings. The van der Waals surface area contributed by atoms with Crippen LogP contribution in [0.5, 0.6) is 11.5 Å². The minimum absolute atomic E-state index is 0.317. The van der Waals surface area contributed by atoms with Gasteiger partial charge >= 0.3 is 11.9 Å². The third-order valence-electron chi connectivity index (χ3n) is 7.14. The van der Waals surface area contributed by atoms with Crippen LogP contribution in [-0.2, 0) is 4.74 Å². The Bertz CT molecular complexity index is 1220. The standard InChI is InChI=1S/C35H43ClO5/c1-4-6-7-8-9-10-11-12-23-39-33-22-19-30(24-32(33)36)35(38)41-31-20-17-28(18-21-31)27-13-15-29(16-14-27)34(37)40-25-26(3)5-2/h13-22,24,26H,4-12,23,25H2,1-3H3. The molecule has 1 atom stereocenters. The van der Waals surface area contributed by atoms with Crippen LogP contribution in [0.3, 0.4) is 0 Å². The second-order valence-corrected chi connectivity index (χ2v) is 11.0. The summed E-state index contributed by atoms with van der Waals surface area (Å²) < 4.78 is 16.7. The average molecular weight is 579 g/mol. The van der Waals surface area contributed by atoms with Crippen molar-refractivity contribution in [2.75, 3.05) is 13.2 Å². The van der Waals surface area contributed by atoms with Crippen LogP contribution in [0.15, 0.2) is 66.7 Å². The molecule has 0 aliphatic carbocycles. The minimum Gasteiger partial charge on any atom is -0.492 e. The molecule has 220 valence electrons. The minimum atomic E-state index is -0.491. The highest BCUT2D eigenvalue weighted by molar-refractivity contribution is 6.32. The van der Waals surface area contributed by atoms with Crippen molar-refractivity contribution in [3.05, 3.63) is 82.9 Å². The molecule has 0 fully saturated rings. The molecule has 0 N–H and O–H groups in total. The van der Waals surface area contributed by atoms with E-state index < -0.39 is 5.97 Å². The summed E-state index contributed by atoms with van der Waals surface area (Å²) in [4.78, 5) is 25.0. The van der Waals surface area contributed by atoms with E-state index in [2.05, 4.69) is 20.8 Å². The van der Waals surface area contributed by atoms with Crippen LogP contribution in [0.4, 0.5) is 0 Å². The molecule has 0 saturated carbocycles. The first kappa shape index (κ1) is 32.2. The van der Waals surface area contributed by atoms with E-state index in [-0.39, 0.29) is 5.97 Å². The molecule has 3 aromatic rings. The highest BCUT2D eigenvalue weighted by Gasteiger charge is 2.13. The lowest BCUT2D eigenvalue weighted by Gasteiger charge is -2.11. The van der Waals surface area contributed by atoms with Crippen molar-refractivity contribution in [3.8, 4) is 22.6 Å². The third-order valence-corrected chi connectivity index (χ3v) is 7.43. The van der Waals surface area contributed by atoms with Gasteiger partial charge in [-0.2, -0.15) is 0 Å². The maximum Gasteiger partial charge on any atom is 0.343 e. The van der Waals surface area contributed by atoms with Crippen molar-refractivity contribution in [3.63, 3.8) is 0 Å². The van der Waals surface area contributed by atoms with Crippen LogP contribution in [-0.4, -0.2) is 25.2 Å². The fraction of sp³-hybridized carbons (Fsp3) is 0.429. The van der Waals surface area contributed by atoms with E-state index in [1.807, 2.05) is 24.3 Å². The summed E-state index contributed by atoms with van der Waals surface area (Å²) >= 11 is 6.38. The van der Waals surface area contributed by atoms with Crippen LogP contribution in [0.2, 0.25) is 5.02 Å². The van der Waals surface area contributed by atoms with Crippen LogP contribution in [0, 0.1) is 5.92 Å². The van der Waals surface area contributed by atoms with Gasteiger partial charge in [0, 0.05) is 0 Å². The van der Waals surface area contributed by atoms with Gasteiger partial charge in [0.2, 0.25) is 0 Å². The van der Waals surface area contributed by atoms with Gasteiger partial charge in [0.1, 0.15) is 11.5 Å². The predicted octanol–water partition coefficient (Wildman–Crippen LogP) is 9.95. The molecule has 0 heterocycles. The highest BCUT2D eigenvalue weighted by Crippen LogP contribution is 2.28. The van der Waals surface area contributed by atoms with Gasteiger partial charge in [0.05, 0.1) is 29.4 Å². The second-order valence-electron chi connectivity index (χ2n) is 10.6. The van der Waals surface area contributed by atoms with E-state index in [0.717, 1.165) is 30.4 Å². The van der Waals surface area contributed by atoms with Crippen molar-refractivity contribution in [1.29, 1.82) is 0 Å². The Kier molecular flexibility index (Phi) is 13.7. The van der Waals surface area contributed by atoms with Gasteiger partial charge in [0.25, 0.3) is 0 Å². The first-order valence-corrected chi connectivity index (χ1v) is 15.3. The number of halogens is 1. The Hall–Kier alpha value is -3.31. The van der Waals surface area contributed by atoms with E-state index in [9.17, 15) is 9.59 Å². The molecule has 1 unspecified atom stereocenters. The Morgan fingerprint density at radius 3 is 1.93 bits per heavy atom. The van der Waals surface area contributed by atoms with Gasteiger partial charge < -0.3 is 14.2 Å². The maximum atomic E-state index is 12.7. The molecule has 5 nitrogen and oxygen atoms in total. The Labute approximate surface area is 250 Å². The summed E-state index contributed by atoms with van der Waals surface area (Å²) in [5.41, 5.74) is 2.75. The maximum absolute atomic E-state index is 12.7. The van der Waals surface area contributed by atoms with Crippen molar-refractivity contribution >= 4 is 23.5 Å². The molecule has 0 aliphatic heterocycles. The summed E-state index contributed by atoms with van der Waals surface area (Å²) in [6, 6.07) is 19.5. The summed E-state index contributed by atoms with van der Waals surface area (Å²) in [5, 5.41) is 0.390. The van der Waals surface area contributed by atoms with E-state index in [4.69, 9.17) is 25.8 Å². The van der Waals surface area contributed by atoms with E-state index in [1.165, 1.54) is 38.5 Å². The summed E-state index contributed by atoms with van der Waals surface area (Å²) in [7, 11) is 0. The van der Waals surface area contributed by atoms with Crippen LogP contribution >= 0.6 is 11.6 Å². The molecule has 3 rings (SSSR count). The molecule has 0 amide bonds. The molecule has 3 aromatic carbocycles. The zero-order chi connectivity index (χ0) is 29.5. The number of rotatable bonds is 17. The lowest BCUT2D eigenvalue weighted by Crippen LogP contribution is -2.11. The van der Waals surface area contributed by atoms with E-state index in [1.54, 1.807) is 42.5 Å². The average Bonchev–Trinajstić information content (AvgIpc) is 3.00. The Morgan fingerprint density at radius 1 is 0.732 bits per heavy atom. The van der Waals surface area contributed by atoms with Gasteiger partial charge in [0.15, 0.2) is 0 Å². The summed E-state index contributed by atoms with van der Waals surface area (Å²) in [6.45, 7) is 7.38. The van der Waals surface area contributed by atoms with Crippen molar-refractivity contribution in [2.24, 2.45) is 5.92 Å². The molecule has 0 saturated heterocycles. The molecule has 0 spiro atoms. The smallest absolute Gasteiger partial charge is 0.343 e. The zero-order valence-electron chi connectivity index (χ0n) is 24.6. The van der Waals surface area contributed by atoms with Gasteiger partial charge in [-0.3, -0.25) is 0 Å². The van der Waals surface area contributed by atoms with Gasteiger partial charge in [-0.05, 0) is 65.9 Å². The molecule has 0 aromatic heterocycles. The van der Waals surface area contributed by atoms with E-state index >= 15 is 0 Å². The van der Waals surface area contributed by atoms with Gasteiger partial charge in [-0.15, -0.1) is 0 Å². The van der Waals surface area contributed by atoms with Crippen LogP contribution in [0.1, 0.15) is 99.3 Å². The fourth-order valence-corrected chi connectivity index (χ4v) is 4.50. The molecule has 41 heavy (non-hydrogen) atoms. The van der Waals surface area contributed by atoms with Crippen molar-refractivity contribution in [2.45, 2.75) is 78.6 Å². The lowest BCUT2D eigenvalue weighted by atomic mass is 10.0. The number of carbonyl (C=O) groups is 2. The molecular weight excluding hydrogens is 536 g/mol. The summed E-state index contributed by atoms with van der Waals surface area (Å²) in [5.74, 6) is 0.530. The number of hydrogen-bond donors (Lipinski definition) is 0. The topological polar surface area (TPSA) is 61.8 Å². The van der Waals surface area contributed by atoms with Crippen LogP contribution in [0.25, 0.3) is 11.1 Å². The van der Waals surface area contributed by atoms with Crippen molar-refractivity contribution in [1.82, 2.24) is 0 Å².